The van der Waals surface area contributed by atoms with Gasteiger partial charge in [-0.25, -0.2) is 13.4 Å². The van der Waals surface area contributed by atoms with Crippen LogP contribution in [0.15, 0.2) is 40.0 Å². The molecule has 1 heterocycles. The van der Waals surface area contributed by atoms with Crippen molar-refractivity contribution in [2.24, 2.45) is 0 Å². The normalized spacial score (nSPS) is 11.6. The van der Waals surface area contributed by atoms with Crippen molar-refractivity contribution >= 4 is 9.84 Å². The van der Waals surface area contributed by atoms with Crippen LogP contribution in [0.25, 0.3) is 11.3 Å². The molecule has 0 saturated heterocycles. The largest absolute Gasteiger partial charge is 0.443 e. The van der Waals surface area contributed by atoms with Crippen molar-refractivity contribution in [2.75, 3.05) is 6.26 Å². The molecule has 2 rings (SSSR count). The highest BCUT2D eigenvalue weighted by molar-refractivity contribution is 7.90. The number of aromatic nitrogens is 1. The van der Waals surface area contributed by atoms with Crippen molar-refractivity contribution in [3.05, 3.63) is 36.4 Å². The minimum Gasteiger partial charge on any atom is -0.443 e. The van der Waals surface area contributed by atoms with Gasteiger partial charge in [0.15, 0.2) is 22.0 Å². The van der Waals surface area contributed by atoms with E-state index in [0.717, 1.165) is 6.26 Å². The molecule has 0 fully saturated rings. The number of oxazole rings is 1. The van der Waals surface area contributed by atoms with Gasteiger partial charge in [-0.05, 0) is 12.1 Å². The SMILES string of the molecule is CS(=O)(=O)c1cccc(-c2ocnc2CO)c1. The third kappa shape index (κ3) is 2.37. The Morgan fingerprint density at radius 1 is 1.41 bits per heavy atom. The maximum Gasteiger partial charge on any atom is 0.181 e. The molecule has 0 bridgehead atoms. The molecule has 1 aromatic heterocycles. The van der Waals surface area contributed by atoms with E-state index in [-0.39, 0.29) is 11.5 Å². The predicted molar refractivity (Wildman–Crippen MR) is 61.0 cm³/mol. The second-order valence-corrected chi connectivity index (χ2v) is 5.60. The Morgan fingerprint density at radius 3 is 2.82 bits per heavy atom. The van der Waals surface area contributed by atoms with Gasteiger partial charge >= 0.3 is 0 Å². The lowest BCUT2D eigenvalue weighted by Gasteiger charge is -2.02. The van der Waals surface area contributed by atoms with Gasteiger partial charge in [0.1, 0.15) is 5.69 Å². The van der Waals surface area contributed by atoms with E-state index < -0.39 is 9.84 Å². The average molecular weight is 253 g/mol. The first-order chi connectivity index (χ1) is 8.02. The highest BCUT2D eigenvalue weighted by Crippen LogP contribution is 2.25. The Hall–Kier alpha value is -1.66. The van der Waals surface area contributed by atoms with Crippen molar-refractivity contribution < 1.29 is 17.9 Å². The van der Waals surface area contributed by atoms with Crippen molar-refractivity contribution in [1.29, 1.82) is 0 Å². The first kappa shape index (κ1) is 11.8. The van der Waals surface area contributed by atoms with Crippen molar-refractivity contribution in [3.63, 3.8) is 0 Å². The molecule has 0 unspecified atom stereocenters. The van der Waals surface area contributed by atoms with E-state index in [1.165, 1.54) is 18.5 Å². The molecular formula is C11H11NO4S. The van der Waals surface area contributed by atoms with E-state index in [1.54, 1.807) is 12.1 Å². The molecule has 0 aliphatic rings. The van der Waals surface area contributed by atoms with Gasteiger partial charge in [0.25, 0.3) is 0 Å². The summed E-state index contributed by atoms with van der Waals surface area (Å²) in [5.41, 5.74) is 0.963. The number of aliphatic hydroxyl groups is 1. The number of hydrogen-bond acceptors (Lipinski definition) is 5. The zero-order chi connectivity index (χ0) is 12.5. The van der Waals surface area contributed by atoms with Gasteiger partial charge in [0.2, 0.25) is 0 Å². The molecule has 0 atom stereocenters. The van der Waals surface area contributed by atoms with Crippen LogP contribution in [-0.2, 0) is 16.4 Å². The van der Waals surface area contributed by atoms with Gasteiger partial charge in [0.05, 0.1) is 11.5 Å². The number of rotatable bonds is 3. The second kappa shape index (κ2) is 4.31. The minimum absolute atomic E-state index is 0.204. The van der Waals surface area contributed by atoms with E-state index >= 15 is 0 Å². The van der Waals surface area contributed by atoms with E-state index in [1.807, 2.05) is 0 Å². The smallest absolute Gasteiger partial charge is 0.181 e. The van der Waals surface area contributed by atoms with Gasteiger partial charge in [-0.15, -0.1) is 0 Å². The van der Waals surface area contributed by atoms with E-state index in [2.05, 4.69) is 4.98 Å². The van der Waals surface area contributed by atoms with Crippen molar-refractivity contribution in [3.8, 4) is 11.3 Å². The van der Waals surface area contributed by atoms with Crippen molar-refractivity contribution in [1.82, 2.24) is 4.98 Å². The number of aliphatic hydroxyl groups excluding tert-OH is 1. The third-order valence-electron chi connectivity index (χ3n) is 2.32. The molecule has 90 valence electrons. The molecule has 0 amide bonds. The Labute approximate surface area is 98.7 Å². The first-order valence-corrected chi connectivity index (χ1v) is 6.75. The second-order valence-electron chi connectivity index (χ2n) is 3.59. The molecule has 0 spiro atoms. The van der Waals surface area contributed by atoms with Crippen molar-refractivity contribution in [2.45, 2.75) is 11.5 Å². The maximum absolute atomic E-state index is 11.4. The first-order valence-electron chi connectivity index (χ1n) is 4.86. The summed E-state index contributed by atoms with van der Waals surface area (Å²) in [7, 11) is -3.26. The quantitative estimate of drug-likeness (QED) is 0.890. The van der Waals surface area contributed by atoms with Crippen LogP contribution in [-0.4, -0.2) is 24.8 Å². The summed E-state index contributed by atoms with van der Waals surface area (Å²) in [6.45, 7) is -0.255. The van der Waals surface area contributed by atoms with E-state index in [9.17, 15) is 8.42 Å². The fraction of sp³-hybridized carbons (Fsp3) is 0.182. The molecule has 1 N–H and O–H groups in total. The Bertz CT molecular complexity index is 630. The topological polar surface area (TPSA) is 80.4 Å². The zero-order valence-electron chi connectivity index (χ0n) is 9.12. The summed E-state index contributed by atoms with van der Waals surface area (Å²) < 4.78 is 28.0. The van der Waals surface area contributed by atoms with Gasteiger partial charge in [-0.3, -0.25) is 0 Å². The maximum atomic E-state index is 11.4. The van der Waals surface area contributed by atoms with Crippen LogP contribution in [0.5, 0.6) is 0 Å². The van der Waals surface area contributed by atoms with Crippen LogP contribution in [0, 0.1) is 0 Å². The highest BCUT2D eigenvalue weighted by Gasteiger charge is 2.13. The summed E-state index contributed by atoms with van der Waals surface area (Å²) >= 11 is 0. The average Bonchev–Trinajstić information content (AvgIpc) is 2.76. The summed E-state index contributed by atoms with van der Waals surface area (Å²) in [6.07, 6.45) is 2.35. The predicted octanol–water partition coefficient (Wildman–Crippen LogP) is 1.24. The number of nitrogens with zero attached hydrogens (tertiary/aromatic N) is 1. The van der Waals surface area contributed by atoms with Crippen LogP contribution in [0.1, 0.15) is 5.69 Å². The number of sulfone groups is 1. The van der Waals surface area contributed by atoms with Crippen LogP contribution >= 0.6 is 0 Å². The molecule has 0 aliphatic carbocycles. The van der Waals surface area contributed by atoms with Crippen LogP contribution in [0.4, 0.5) is 0 Å². The minimum atomic E-state index is -3.26. The van der Waals surface area contributed by atoms with E-state index in [0.29, 0.717) is 17.0 Å². The summed E-state index contributed by atoms with van der Waals surface area (Å²) in [4.78, 5) is 4.04. The Kier molecular flexibility index (Phi) is 2.99. The molecule has 0 aliphatic heterocycles. The van der Waals surface area contributed by atoms with E-state index in [4.69, 9.17) is 9.52 Å². The van der Waals surface area contributed by atoms with Gasteiger partial charge in [-0.1, -0.05) is 12.1 Å². The van der Waals surface area contributed by atoms with Gasteiger partial charge < -0.3 is 9.52 Å². The Morgan fingerprint density at radius 2 is 2.18 bits per heavy atom. The van der Waals surface area contributed by atoms with Gasteiger partial charge in [-0.2, -0.15) is 0 Å². The monoisotopic (exact) mass is 253 g/mol. The molecule has 2 aromatic rings. The number of hydrogen-bond donors (Lipinski definition) is 1. The number of benzene rings is 1. The molecule has 1 aromatic carbocycles. The lowest BCUT2D eigenvalue weighted by molar-refractivity contribution is 0.277. The summed E-state index contributed by atoms with van der Waals surface area (Å²) in [6, 6.07) is 6.33. The summed E-state index contributed by atoms with van der Waals surface area (Å²) in [5, 5.41) is 9.06. The lowest BCUT2D eigenvalue weighted by Crippen LogP contribution is -1.97. The molecule has 17 heavy (non-hydrogen) atoms. The Balaban J connectivity index is 2.55. The van der Waals surface area contributed by atoms with Gasteiger partial charge in [0, 0.05) is 11.8 Å². The molecule has 0 saturated carbocycles. The lowest BCUT2D eigenvalue weighted by atomic mass is 10.1. The fourth-order valence-corrected chi connectivity index (χ4v) is 2.15. The van der Waals surface area contributed by atoms with Crippen LogP contribution in [0.2, 0.25) is 0 Å². The van der Waals surface area contributed by atoms with Crippen LogP contribution in [0.3, 0.4) is 0 Å². The van der Waals surface area contributed by atoms with Crippen LogP contribution < -0.4 is 0 Å². The zero-order valence-corrected chi connectivity index (χ0v) is 9.94. The highest BCUT2D eigenvalue weighted by atomic mass is 32.2. The third-order valence-corrected chi connectivity index (χ3v) is 3.43. The standard InChI is InChI=1S/C11H11NO4S/c1-17(14,15)9-4-2-3-8(5-9)11-10(6-13)12-7-16-11/h2-5,7,13H,6H2,1H3. The molecule has 6 heteroatoms. The summed E-state index contributed by atoms with van der Waals surface area (Å²) in [5.74, 6) is 0.387. The molecule has 0 radical (unpaired) electrons. The molecular weight excluding hydrogens is 242 g/mol. The molecule has 5 nitrogen and oxygen atoms in total. The fourth-order valence-electron chi connectivity index (χ4n) is 1.48.